The average Bonchev–Trinajstić information content (AvgIpc) is 2.89. The van der Waals surface area contributed by atoms with Crippen molar-refractivity contribution in [3.05, 3.63) is 59.1 Å². The average molecular weight is 286 g/mol. The van der Waals surface area contributed by atoms with Gasteiger partial charge < -0.3 is 0 Å². The lowest BCUT2D eigenvalue weighted by molar-refractivity contribution is 0.0976. The molecule has 100 valence electrons. The van der Waals surface area contributed by atoms with Crippen molar-refractivity contribution >= 4 is 28.4 Å². The Morgan fingerprint density at radius 1 is 1.10 bits per heavy atom. The van der Waals surface area contributed by atoms with Gasteiger partial charge in [0.15, 0.2) is 5.78 Å². The van der Waals surface area contributed by atoms with Gasteiger partial charge in [-0.2, -0.15) is 0 Å². The Morgan fingerprint density at radius 2 is 1.85 bits per heavy atom. The first kappa shape index (κ1) is 12.8. The lowest BCUT2D eigenvalue weighted by atomic mass is 10.1. The summed E-state index contributed by atoms with van der Waals surface area (Å²) in [6, 6.07) is 14.6. The molecule has 0 saturated heterocycles. The molecule has 0 aliphatic rings. The fourth-order valence-corrected chi connectivity index (χ4v) is 2.20. The summed E-state index contributed by atoms with van der Waals surface area (Å²) in [7, 11) is 0. The molecule has 0 spiro atoms. The first-order valence-corrected chi connectivity index (χ1v) is 6.69. The van der Waals surface area contributed by atoms with Gasteiger partial charge in [-0.05, 0) is 36.4 Å². The Labute approximate surface area is 121 Å². The van der Waals surface area contributed by atoms with E-state index in [1.165, 1.54) is 0 Å². The zero-order valence-electron chi connectivity index (χ0n) is 10.7. The number of aromatic nitrogens is 3. The summed E-state index contributed by atoms with van der Waals surface area (Å²) in [6.45, 7) is 0.516. The molecule has 0 aliphatic heterocycles. The fraction of sp³-hybridized carbons (Fsp3) is 0.133. The van der Waals surface area contributed by atoms with E-state index in [9.17, 15) is 4.79 Å². The third-order valence-electron chi connectivity index (χ3n) is 3.14. The quantitative estimate of drug-likeness (QED) is 0.691. The molecule has 1 heterocycles. The van der Waals surface area contributed by atoms with Gasteiger partial charge in [0.25, 0.3) is 0 Å². The number of benzene rings is 2. The third-order valence-corrected chi connectivity index (χ3v) is 3.39. The highest BCUT2D eigenvalue weighted by Crippen LogP contribution is 2.13. The maximum Gasteiger partial charge on any atom is 0.164 e. The van der Waals surface area contributed by atoms with Crippen molar-refractivity contribution in [2.75, 3.05) is 0 Å². The van der Waals surface area contributed by atoms with Crippen LogP contribution in [-0.4, -0.2) is 20.8 Å². The molecule has 4 nitrogen and oxygen atoms in total. The molecule has 2 aromatic carbocycles. The Balaban J connectivity index is 1.73. The van der Waals surface area contributed by atoms with Crippen molar-refractivity contribution in [3.8, 4) is 0 Å². The topological polar surface area (TPSA) is 47.8 Å². The van der Waals surface area contributed by atoms with E-state index in [0.29, 0.717) is 23.6 Å². The third kappa shape index (κ3) is 2.56. The minimum atomic E-state index is 0.0706. The number of nitrogens with zero attached hydrogens (tertiary/aromatic N) is 3. The zero-order valence-corrected chi connectivity index (χ0v) is 11.4. The summed E-state index contributed by atoms with van der Waals surface area (Å²) < 4.78 is 1.75. The number of fused-ring (bicyclic) bond motifs is 1. The van der Waals surface area contributed by atoms with Crippen LogP contribution in [0.25, 0.3) is 11.0 Å². The number of carbonyl (C=O) groups excluding carboxylic acids is 1. The molecule has 0 atom stereocenters. The van der Waals surface area contributed by atoms with Gasteiger partial charge in [-0.3, -0.25) is 4.79 Å². The number of carbonyl (C=O) groups is 1. The van der Waals surface area contributed by atoms with Gasteiger partial charge >= 0.3 is 0 Å². The number of Topliss-reactive ketones (excluding diaryl/α,β-unsaturated/α-hetero) is 1. The van der Waals surface area contributed by atoms with Crippen LogP contribution < -0.4 is 0 Å². The van der Waals surface area contributed by atoms with Gasteiger partial charge in [0, 0.05) is 17.0 Å². The van der Waals surface area contributed by atoms with Gasteiger partial charge in [0.1, 0.15) is 5.52 Å². The smallest absolute Gasteiger partial charge is 0.164 e. The SMILES string of the molecule is O=C(CCn1nnc2ccccc21)c1ccc(Cl)cc1. The summed E-state index contributed by atoms with van der Waals surface area (Å²) in [5.41, 5.74) is 2.45. The van der Waals surface area contributed by atoms with Crippen molar-refractivity contribution in [1.82, 2.24) is 15.0 Å². The molecule has 20 heavy (non-hydrogen) atoms. The number of halogens is 1. The van der Waals surface area contributed by atoms with E-state index in [1.807, 2.05) is 24.3 Å². The molecule has 1 aromatic heterocycles. The highest BCUT2D eigenvalue weighted by molar-refractivity contribution is 6.30. The molecular formula is C15H12ClN3O. The van der Waals surface area contributed by atoms with Crippen LogP contribution in [0, 0.1) is 0 Å². The van der Waals surface area contributed by atoms with E-state index in [4.69, 9.17) is 11.6 Å². The van der Waals surface area contributed by atoms with Crippen LogP contribution in [0.5, 0.6) is 0 Å². The molecule has 3 aromatic rings. The van der Waals surface area contributed by atoms with Crippen molar-refractivity contribution in [3.63, 3.8) is 0 Å². The minimum absolute atomic E-state index is 0.0706. The van der Waals surface area contributed by atoms with E-state index in [-0.39, 0.29) is 5.78 Å². The van der Waals surface area contributed by atoms with Gasteiger partial charge in [-0.1, -0.05) is 28.9 Å². The second kappa shape index (κ2) is 5.43. The standard InChI is InChI=1S/C15H12ClN3O/c16-12-7-5-11(6-8-12)15(20)9-10-19-14-4-2-1-3-13(14)17-18-19/h1-8H,9-10H2. The molecule has 0 aliphatic carbocycles. The van der Waals surface area contributed by atoms with Crippen molar-refractivity contribution < 1.29 is 4.79 Å². The number of aryl methyl sites for hydroxylation is 1. The van der Waals surface area contributed by atoms with Crippen LogP contribution in [-0.2, 0) is 6.54 Å². The molecule has 5 heteroatoms. The van der Waals surface area contributed by atoms with Crippen molar-refractivity contribution in [1.29, 1.82) is 0 Å². The number of rotatable bonds is 4. The van der Waals surface area contributed by atoms with Crippen LogP contribution in [0.1, 0.15) is 16.8 Å². The van der Waals surface area contributed by atoms with Gasteiger partial charge in [-0.15, -0.1) is 5.10 Å². The van der Waals surface area contributed by atoms with E-state index >= 15 is 0 Å². The van der Waals surface area contributed by atoms with Crippen LogP contribution in [0.15, 0.2) is 48.5 Å². The van der Waals surface area contributed by atoms with E-state index in [0.717, 1.165) is 11.0 Å². The lowest BCUT2D eigenvalue weighted by Gasteiger charge is -2.02. The number of para-hydroxylation sites is 1. The van der Waals surface area contributed by atoms with Crippen LogP contribution in [0.4, 0.5) is 0 Å². The number of ketones is 1. The second-order valence-electron chi connectivity index (χ2n) is 4.48. The van der Waals surface area contributed by atoms with E-state index < -0.39 is 0 Å². The molecule has 0 bridgehead atoms. The highest BCUT2D eigenvalue weighted by atomic mass is 35.5. The first-order chi connectivity index (χ1) is 9.74. The minimum Gasteiger partial charge on any atom is -0.294 e. The second-order valence-corrected chi connectivity index (χ2v) is 4.92. The maximum atomic E-state index is 12.1. The van der Waals surface area contributed by atoms with Crippen molar-refractivity contribution in [2.45, 2.75) is 13.0 Å². The van der Waals surface area contributed by atoms with Crippen LogP contribution in [0.2, 0.25) is 5.02 Å². The summed E-state index contributed by atoms with van der Waals surface area (Å²) in [5.74, 6) is 0.0706. The van der Waals surface area contributed by atoms with Gasteiger partial charge in [-0.25, -0.2) is 4.68 Å². The van der Waals surface area contributed by atoms with E-state index in [1.54, 1.807) is 28.9 Å². The Bertz CT molecular complexity index is 749. The molecule has 0 radical (unpaired) electrons. The highest BCUT2D eigenvalue weighted by Gasteiger charge is 2.08. The molecule has 0 fully saturated rings. The number of hydrogen-bond acceptors (Lipinski definition) is 3. The molecule has 0 unspecified atom stereocenters. The van der Waals surface area contributed by atoms with Gasteiger partial charge in [0.2, 0.25) is 0 Å². The van der Waals surface area contributed by atoms with Crippen LogP contribution in [0.3, 0.4) is 0 Å². The van der Waals surface area contributed by atoms with Crippen molar-refractivity contribution in [2.24, 2.45) is 0 Å². The zero-order chi connectivity index (χ0) is 13.9. The Morgan fingerprint density at radius 3 is 2.65 bits per heavy atom. The van der Waals surface area contributed by atoms with E-state index in [2.05, 4.69) is 10.3 Å². The molecular weight excluding hydrogens is 274 g/mol. The normalized spacial score (nSPS) is 10.8. The predicted molar refractivity (Wildman–Crippen MR) is 77.9 cm³/mol. The predicted octanol–water partition coefficient (Wildman–Crippen LogP) is 3.36. The summed E-state index contributed by atoms with van der Waals surface area (Å²) in [5, 5.41) is 8.76. The lowest BCUT2D eigenvalue weighted by Crippen LogP contribution is -2.07. The summed E-state index contributed by atoms with van der Waals surface area (Å²) in [4.78, 5) is 12.1. The first-order valence-electron chi connectivity index (χ1n) is 6.31. The number of hydrogen-bond donors (Lipinski definition) is 0. The molecule has 0 amide bonds. The van der Waals surface area contributed by atoms with Gasteiger partial charge in [0.05, 0.1) is 12.1 Å². The Kier molecular flexibility index (Phi) is 3.48. The summed E-state index contributed by atoms with van der Waals surface area (Å²) in [6.07, 6.45) is 0.384. The van der Waals surface area contributed by atoms with Crippen LogP contribution >= 0.6 is 11.6 Å². The Hall–Kier alpha value is -2.20. The fourth-order valence-electron chi connectivity index (χ4n) is 2.07. The maximum absolute atomic E-state index is 12.1. The summed E-state index contributed by atoms with van der Waals surface area (Å²) >= 11 is 5.81. The largest absolute Gasteiger partial charge is 0.294 e. The monoisotopic (exact) mass is 285 g/mol. The molecule has 0 saturated carbocycles. The molecule has 3 rings (SSSR count). The molecule has 0 N–H and O–H groups in total.